The number of benzene rings is 1. The van der Waals surface area contributed by atoms with Gasteiger partial charge in [0.1, 0.15) is 11.7 Å². The van der Waals surface area contributed by atoms with Gasteiger partial charge in [0, 0.05) is 25.4 Å². The van der Waals surface area contributed by atoms with Gasteiger partial charge in [-0.3, -0.25) is 0 Å². The van der Waals surface area contributed by atoms with Crippen molar-refractivity contribution in [3.63, 3.8) is 0 Å². The van der Waals surface area contributed by atoms with Crippen LogP contribution in [-0.2, 0) is 9.47 Å². The smallest absolute Gasteiger partial charge is 0.410 e. The quantitative estimate of drug-likeness (QED) is 0.783. The minimum atomic E-state index is -0.503. The van der Waals surface area contributed by atoms with Crippen LogP contribution in [0.2, 0.25) is 0 Å². The van der Waals surface area contributed by atoms with Crippen molar-refractivity contribution in [3.8, 4) is 0 Å². The van der Waals surface area contributed by atoms with Crippen LogP contribution in [0, 0.1) is 5.92 Å². The van der Waals surface area contributed by atoms with Gasteiger partial charge in [0.25, 0.3) is 0 Å². The molecule has 0 unspecified atom stereocenters. The van der Waals surface area contributed by atoms with Gasteiger partial charge in [-0.2, -0.15) is 0 Å². The maximum atomic E-state index is 12.1. The van der Waals surface area contributed by atoms with E-state index >= 15 is 0 Å². The highest BCUT2D eigenvalue weighted by atomic mass is 16.6. The predicted molar refractivity (Wildman–Crippen MR) is 87.2 cm³/mol. The van der Waals surface area contributed by atoms with E-state index in [1.165, 1.54) is 0 Å². The zero-order valence-electron chi connectivity index (χ0n) is 14.2. The molecular weight excluding hydrogens is 294 g/mol. The standard InChI is InChI=1S/C18H25NO4/c1-13-12-19(17(21)23-18(2,3)4)11-10-15(13)22-16(20)14-8-6-5-7-9-14/h5-9,13,15H,10-12H2,1-4H3/t13-,15-/m0/s1. The van der Waals surface area contributed by atoms with Gasteiger partial charge in [0.15, 0.2) is 0 Å². The Morgan fingerprint density at radius 2 is 1.83 bits per heavy atom. The lowest BCUT2D eigenvalue weighted by Gasteiger charge is -2.37. The van der Waals surface area contributed by atoms with Crippen LogP contribution >= 0.6 is 0 Å². The van der Waals surface area contributed by atoms with Crippen LogP contribution in [0.25, 0.3) is 0 Å². The molecule has 0 N–H and O–H groups in total. The molecule has 2 rings (SSSR count). The van der Waals surface area contributed by atoms with E-state index in [-0.39, 0.29) is 24.1 Å². The van der Waals surface area contributed by atoms with Crippen LogP contribution in [0.1, 0.15) is 44.5 Å². The number of carbonyl (C=O) groups is 2. The summed E-state index contributed by atoms with van der Waals surface area (Å²) in [5, 5.41) is 0. The van der Waals surface area contributed by atoms with Crippen molar-refractivity contribution in [2.75, 3.05) is 13.1 Å². The van der Waals surface area contributed by atoms with E-state index in [4.69, 9.17) is 9.47 Å². The molecule has 0 bridgehead atoms. The van der Waals surface area contributed by atoms with Crippen LogP contribution in [0.15, 0.2) is 30.3 Å². The maximum absolute atomic E-state index is 12.1. The summed E-state index contributed by atoms with van der Waals surface area (Å²) in [5.41, 5.74) is 0.0472. The number of carbonyl (C=O) groups excluding carboxylic acids is 2. The number of esters is 1. The molecule has 2 atom stereocenters. The average Bonchev–Trinajstić information content (AvgIpc) is 2.48. The lowest BCUT2D eigenvalue weighted by atomic mass is 9.96. The Kier molecular flexibility index (Phi) is 5.29. The van der Waals surface area contributed by atoms with E-state index in [0.29, 0.717) is 25.1 Å². The van der Waals surface area contributed by atoms with E-state index < -0.39 is 5.60 Å². The predicted octanol–water partition coefficient (Wildman–Crippen LogP) is 3.49. The Hall–Kier alpha value is -2.04. The Morgan fingerprint density at radius 3 is 2.39 bits per heavy atom. The highest BCUT2D eigenvalue weighted by Crippen LogP contribution is 2.23. The Bertz CT molecular complexity index is 550. The molecule has 1 aliphatic rings. The highest BCUT2D eigenvalue weighted by Gasteiger charge is 2.33. The number of piperidine rings is 1. The van der Waals surface area contributed by atoms with Gasteiger partial charge in [-0.15, -0.1) is 0 Å². The van der Waals surface area contributed by atoms with Crippen LogP contribution in [0.4, 0.5) is 4.79 Å². The molecule has 1 aromatic rings. The SMILES string of the molecule is C[C@H]1CN(C(=O)OC(C)(C)C)CC[C@@H]1OC(=O)c1ccccc1. The Balaban J connectivity index is 1.89. The van der Waals surface area contributed by atoms with E-state index in [1.807, 2.05) is 45.9 Å². The second kappa shape index (κ2) is 7.02. The molecule has 1 fully saturated rings. The minimum absolute atomic E-state index is 0.0731. The third-order valence-corrected chi connectivity index (χ3v) is 3.75. The molecule has 1 heterocycles. The number of ether oxygens (including phenoxy) is 2. The number of hydrogen-bond acceptors (Lipinski definition) is 4. The first-order valence-corrected chi connectivity index (χ1v) is 8.00. The van der Waals surface area contributed by atoms with Crippen LogP contribution in [0.5, 0.6) is 0 Å². The molecule has 5 heteroatoms. The maximum Gasteiger partial charge on any atom is 0.410 e. The van der Waals surface area contributed by atoms with Crippen molar-refractivity contribution in [3.05, 3.63) is 35.9 Å². The topological polar surface area (TPSA) is 55.8 Å². The summed E-state index contributed by atoms with van der Waals surface area (Å²) >= 11 is 0. The monoisotopic (exact) mass is 319 g/mol. The molecule has 0 aromatic heterocycles. The number of likely N-dealkylation sites (tertiary alicyclic amines) is 1. The molecule has 126 valence electrons. The van der Waals surface area contributed by atoms with Gasteiger partial charge in [0.05, 0.1) is 5.56 Å². The molecular formula is C18H25NO4. The third kappa shape index (κ3) is 4.98. The molecule has 0 saturated carbocycles. The van der Waals surface area contributed by atoms with Crippen molar-refractivity contribution in [2.24, 2.45) is 5.92 Å². The summed E-state index contributed by atoms with van der Waals surface area (Å²) in [6.07, 6.45) is 0.137. The molecule has 23 heavy (non-hydrogen) atoms. The summed E-state index contributed by atoms with van der Waals surface area (Å²) in [6, 6.07) is 8.96. The van der Waals surface area contributed by atoms with Crippen LogP contribution in [-0.4, -0.2) is 41.8 Å². The fourth-order valence-electron chi connectivity index (χ4n) is 2.57. The first kappa shape index (κ1) is 17.3. The van der Waals surface area contributed by atoms with Gasteiger partial charge < -0.3 is 14.4 Å². The van der Waals surface area contributed by atoms with Crippen molar-refractivity contribution in [1.82, 2.24) is 4.90 Å². The molecule has 1 amide bonds. The zero-order chi connectivity index (χ0) is 17.0. The minimum Gasteiger partial charge on any atom is -0.458 e. The van der Waals surface area contributed by atoms with Gasteiger partial charge >= 0.3 is 12.1 Å². The van der Waals surface area contributed by atoms with Gasteiger partial charge in [-0.25, -0.2) is 9.59 Å². The van der Waals surface area contributed by atoms with Crippen LogP contribution < -0.4 is 0 Å². The number of amides is 1. The van der Waals surface area contributed by atoms with E-state index in [0.717, 1.165) is 0 Å². The summed E-state index contributed by atoms with van der Waals surface area (Å²) < 4.78 is 11.0. The Morgan fingerprint density at radius 1 is 1.17 bits per heavy atom. The number of hydrogen-bond donors (Lipinski definition) is 0. The first-order valence-electron chi connectivity index (χ1n) is 8.00. The summed E-state index contributed by atoms with van der Waals surface area (Å²) in [5.74, 6) is -0.239. The molecule has 1 aliphatic heterocycles. The fourth-order valence-corrected chi connectivity index (χ4v) is 2.57. The second-order valence-electron chi connectivity index (χ2n) is 7.00. The summed E-state index contributed by atoms with van der Waals surface area (Å²) in [7, 11) is 0. The van der Waals surface area contributed by atoms with E-state index in [9.17, 15) is 9.59 Å². The van der Waals surface area contributed by atoms with Gasteiger partial charge in [-0.1, -0.05) is 25.1 Å². The summed E-state index contributed by atoms with van der Waals surface area (Å²) in [6.45, 7) is 8.60. The largest absolute Gasteiger partial charge is 0.458 e. The Labute approximate surface area is 137 Å². The van der Waals surface area contributed by atoms with Crippen LogP contribution in [0.3, 0.4) is 0 Å². The van der Waals surface area contributed by atoms with E-state index in [2.05, 4.69) is 0 Å². The highest BCUT2D eigenvalue weighted by molar-refractivity contribution is 5.89. The number of rotatable bonds is 2. The average molecular weight is 319 g/mol. The van der Waals surface area contributed by atoms with Crippen molar-refractivity contribution in [1.29, 1.82) is 0 Å². The zero-order valence-corrected chi connectivity index (χ0v) is 14.2. The molecule has 1 saturated heterocycles. The molecule has 0 spiro atoms. The third-order valence-electron chi connectivity index (χ3n) is 3.75. The second-order valence-corrected chi connectivity index (χ2v) is 7.00. The van der Waals surface area contributed by atoms with Crippen molar-refractivity contribution in [2.45, 2.75) is 45.8 Å². The molecule has 1 aromatic carbocycles. The van der Waals surface area contributed by atoms with E-state index in [1.54, 1.807) is 17.0 Å². The lowest BCUT2D eigenvalue weighted by molar-refractivity contribution is -0.0216. The molecule has 0 radical (unpaired) electrons. The normalized spacial score (nSPS) is 21.7. The number of nitrogens with zero attached hydrogens (tertiary/aromatic N) is 1. The first-order chi connectivity index (χ1) is 10.8. The summed E-state index contributed by atoms with van der Waals surface area (Å²) in [4.78, 5) is 25.9. The van der Waals surface area contributed by atoms with Gasteiger partial charge in [-0.05, 0) is 32.9 Å². The molecule has 0 aliphatic carbocycles. The van der Waals surface area contributed by atoms with Gasteiger partial charge in [0.2, 0.25) is 0 Å². The molecule has 5 nitrogen and oxygen atoms in total. The van der Waals surface area contributed by atoms with Crippen molar-refractivity contribution >= 4 is 12.1 Å². The fraction of sp³-hybridized carbons (Fsp3) is 0.556. The lowest BCUT2D eigenvalue weighted by Crippen LogP contribution is -2.48. The van der Waals surface area contributed by atoms with Crippen molar-refractivity contribution < 1.29 is 19.1 Å².